The Kier molecular flexibility index (Phi) is 3.79. The van der Waals surface area contributed by atoms with Gasteiger partial charge in [-0.1, -0.05) is 24.2 Å². The summed E-state index contributed by atoms with van der Waals surface area (Å²) in [4.78, 5) is 0. The fraction of sp³-hybridized carbons (Fsp3) is 0.667. The number of hydrogen-bond acceptors (Lipinski definition) is 2. The lowest BCUT2D eigenvalue weighted by atomic mass is 10.9. The standard InChI is InChI=1S/C3H5ClOS2/c1-2(4)5-3(6)7/h2H,1H3,(H,6,7). The molecular formula is C3H5ClOS2. The summed E-state index contributed by atoms with van der Waals surface area (Å²) in [6.07, 6.45) is 0. The molecule has 0 aliphatic rings. The van der Waals surface area contributed by atoms with E-state index in [4.69, 9.17) is 11.6 Å². The van der Waals surface area contributed by atoms with E-state index in [-0.39, 0.29) is 9.95 Å². The monoisotopic (exact) mass is 156 g/mol. The number of ether oxygens (including phenoxy) is 1. The summed E-state index contributed by atoms with van der Waals surface area (Å²) in [7, 11) is 0. The van der Waals surface area contributed by atoms with Crippen molar-refractivity contribution in [2.75, 3.05) is 0 Å². The van der Waals surface area contributed by atoms with E-state index in [1.54, 1.807) is 6.92 Å². The molecule has 1 unspecified atom stereocenters. The van der Waals surface area contributed by atoms with Crippen LogP contribution in [-0.4, -0.2) is 9.95 Å². The zero-order chi connectivity index (χ0) is 5.86. The molecule has 0 aromatic heterocycles. The predicted molar refractivity (Wildman–Crippen MR) is 38.0 cm³/mol. The molecule has 0 saturated heterocycles. The zero-order valence-corrected chi connectivity index (χ0v) is 6.19. The normalized spacial score (nSPS) is 13.0. The Morgan fingerprint density at radius 1 is 2.00 bits per heavy atom. The number of hydrogen-bond donors (Lipinski definition) is 1. The highest BCUT2D eigenvalue weighted by Gasteiger charge is 1.93. The van der Waals surface area contributed by atoms with Crippen LogP contribution in [0.25, 0.3) is 0 Å². The molecule has 1 atom stereocenters. The maximum atomic E-state index is 5.31. The van der Waals surface area contributed by atoms with Gasteiger partial charge in [0.05, 0.1) is 0 Å². The Balaban J connectivity index is 3.13. The number of halogens is 1. The number of alkyl halides is 1. The first-order chi connectivity index (χ1) is 3.13. The highest BCUT2D eigenvalue weighted by molar-refractivity contribution is 8.10. The molecule has 0 bridgehead atoms. The maximum absolute atomic E-state index is 5.31. The van der Waals surface area contributed by atoms with Gasteiger partial charge in [-0.25, -0.2) is 0 Å². The summed E-state index contributed by atoms with van der Waals surface area (Å²) in [6.45, 7) is 1.67. The van der Waals surface area contributed by atoms with Crippen molar-refractivity contribution in [1.82, 2.24) is 0 Å². The number of rotatable bonds is 1. The van der Waals surface area contributed by atoms with Crippen LogP contribution in [0, 0.1) is 0 Å². The lowest BCUT2D eigenvalue weighted by Crippen LogP contribution is -1.99. The molecule has 0 rings (SSSR count). The number of thiocarbonyl (C=S) groups is 1. The summed E-state index contributed by atoms with van der Waals surface area (Å²) >= 11 is 13.4. The van der Waals surface area contributed by atoms with E-state index >= 15 is 0 Å². The van der Waals surface area contributed by atoms with Crippen molar-refractivity contribution in [3.63, 3.8) is 0 Å². The summed E-state index contributed by atoms with van der Waals surface area (Å²) in [5, 5.41) is 0. The second-order valence-corrected chi connectivity index (χ2v) is 2.62. The third-order valence-electron chi connectivity index (χ3n) is 0.263. The van der Waals surface area contributed by atoms with Crippen molar-refractivity contribution in [3.8, 4) is 0 Å². The van der Waals surface area contributed by atoms with Gasteiger partial charge in [-0.05, 0) is 19.1 Å². The average molecular weight is 157 g/mol. The molecule has 7 heavy (non-hydrogen) atoms. The Bertz CT molecular complexity index is 73.3. The molecule has 4 heteroatoms. The predicted octanol–water partition coefficient (Wildman–Crippen LogP) is 1.80. The Labute approximate surface area is 58.4 Å². The minimum absolute atomic E-state index is 0.183. The largest absolute Gasteiger partial charge is 0.459 e. The molecule has 0 radical (unpaired) electrons. The third kappa shape index (κ3) is 6.53. The molecule has 42 valence electrons. The summed E-state index contributed by atoms with van der Waals surface area (Å²) in [5.74, 6) is 0. The van der Waals surface area contributed by atoms with Crippen molar-refractivity contribution in [2.45, 2.75) is 12.5 Å². The molecule has 0 heterocycles. The van der Waals surface area contributed by atoms with Gasteiger partial charge in [0.1, 0.15) is 0 Å². The highest BCUT2D eigenvalue weighted by Crippen LogP contribution is 1.98. The minimum atomic E-state index is -0.370. The van der Waals surface area contributed by atoms with Gasteiger partial charge in [0, 0.05) is 0 Å². The third-order valence-corrected chi connectivity index (χ3v) is 0.554. The van der Waals surface area contributed by atoms with E-state index in [0.717, 1.165) is 0 Å². The molecule has 0 aliphatic carbocycles. The van der Waals surface area contributed by atoms with Gasteiger partial charge in [-0.3, -0.25) is 0 Å². The summed E-state index contributed by atoms with van der Waals surface area (Å²) in [5.41, 5.74) is -0.370. The first-order valence-corrected chi connectivity index (χ1v) is 2.96. The maximum Gasteiger partial charge on any atom is 0.218 e. The van der Waals surface area contributed by atoms with Crippen molar-refractivity contribution in [1.29, 1.82) is 0 Å². The molecule has 0 aromatic rings. The Morgan fingerprint density at radius 3 is 2.43 bits per heavy atom. The fourth-order valence-electron chi connectivity index (χ4n) is 0.139. The highest BCUT2D eigenvalue weighted by atomic mass is 35.5. The Morgan fingerprint density at radius 2 is 2.43 bits per heavy atom. The van der Waals surface area contributed by atoms with Crippen LogP contribution in [0.5, 0.6) is 0 Å². The molecule has 0 amide bonds. The van der Waals surface area contributed by atoms with Gasteiger partial charge >= 0.3 is 0 Å². The van der Waals surface area contributed by atoms with E-state index in [0.29, 0.717) is 0 Å². The van der Waals surface area contributed by atoms with Crippen molar-refractivity contribution >= 4 is 40.8 Å². The van der Waals surface area contributed by atoms with Crippen LogP contribution in [0.15, 0.2) is 0 Å². The van der Waals surface area contributed by atoms with Crippen molar-refractivity contribution < 1.29 is 4.74 Å². The SMILES string of the molecule is CC(Cl)OC(=S)S. The smallest absolute Gasteiger partial charge is 0.218 e. The van der Waals surface area contributed by atoms with Crippen LogP contribution in [0.3, 0.4) is 0 Å². The second kappa shape index (κ2) is 3.52. The van der Waals surface area contributed by atoms with E-state index < -0.39 is 0 Å². The van der Waals surface area contributed by atoms with Crippen LogP contribution >= 0.6 is 36.4 Å². The average Bonchev–Trinajstić information content (AvgIpc) is 1.27. The van der Waals surface area contributed by atoms with Crippen LogP contribution in [0.4, 0.5) is 0 Å². The van der Waals surface area contributed by atoms with Crippen LogP contribution in [0.1, 0.15) is 6.92 Å². The second-order valence-electron chi connectivity index (χ2n) is 0.927. The topological polar surface area (TPSA) is 9.23 Å². The van der Waals surface area contributed by atoms with E-state index in [1.165, 1.54) is 0 Å². The van der Waals surface area contributed by atoms with Gasteiger partial charge in [0.15, 0.2) is 5.56 Å². The molecule has 0 aromatic carbocycles. The quantitative estimate of drug-likeness (QED) is 0.352. The van der Waals surface area contributed by atoms with Crippen molar-refractivity contribution in [2.24, 2.45) is 0 Å². The molecule has 0 saturated carbocycles. The van der Waals surface area contributed by atoms with Gasteiger partial charge in [0.25, 0.3) is 0 Å². The van der Waals surface area contributed by atoms with Gasteiger partial charge in [-0.2, -0.15) is 0 Å². The van der Waals surface area contributed by atoms with E-state index in [2.05, 4.69) is 29.6 Å². The summed E-state index contributed by atoms with van der Waals surface area (Å²) < 4.78 is 4.79. The lowest BCUT2D eigenvalue weighted by molar-refractivity contribution is 0.305. The minimum Gasteiger partial charge on any atom is -0.459 e. The molecule has 0 spiro atoms. The van der Waals surface area contributed by atoms with Crippen LogP contribution < -0.4 is 0 Å². The first kappa shape index (κ1) is 7.53. The van der Waals surface area contributed by atoms with Crippen molar-refractivity contribution in [3.05, 3.63) is 0 Å². The van der Waals surface area contributed by atoms with E-state index in [9.17, 15) is 0 Å². The first-order valence-electron chi connectivity index (χ1n) is 1.66. The number of thiol groups is 1. The lowest BCUT2D eigenvalue weighted by Gasteiger charge is -2.01. The molecule has 0 aliphatic heterocycles. The fourth-order valence-corrected chi connectivity index (χ4v) is 0.645. The van der Waals surface area contributed by atoms with Gasteiger partial charge in [0.2, 0.25) is 4.38 Å². The molecule has 0 fully saturated rings. The van der Waals surface area contributed by atoms with Gasteiger partial charge in [-0.15, -0.1) is 0 Å². The zero-order valence-electron chi connectivity index (χ0n) is 3.72. The summed E-state index contributed by atoms with van der Waals surface area (Å²) in [6, 6.07) is 0. The Hall–Kier alpha value is 0.530. The van der Waals surface area contributed by atoms with E-state index in [1.807, 2.05) is 0 Å². The van der Waals surface area contributed by atoms with Crippen LogP contribution in [0.2, 0.25) is 0 Å². The molecule has 1 nitrogen and oxygen atoms in total. The van der Waals surface area contributed by atoms with Crippen LogP contribution in [-0.2, 0) is 4.74 Å². The molecular weight excluding hydrogens is 152 g/mol. The molecule has 0 N–H and O–H groups in total. The van der Waals surface area contributed by atoms with Gasteiger partial charge < -0.3 is 4.74 Å².